The molecule has 0 heterocycles. The topological polar surface area (TPSA) is 12.0 Å². The van der Waals surface area contributed by atoms with Gasteiger partial charge in [-0.2, -0.15) is 0 Å². The first-order valence-electron chi connectivity index (χ1n) is 6.74. The molecule has 0 aliphatic rings. The van der Waals surface area contributed by atoms with Gasteiger partial charge in [-0.3, -0.25) is 0 Å². The van der Waals surface area contributed by atoms with Gasteiger partial charge in [-0.1, -0.05) is 48.5 Å². The van der Waals surface area contributed by atoms with E-state index in [4.69, 9.17) is 0 Å². The molecule has 0 bridgehead atoms. The zero-order chi connectivity index (χ0) is 13.9. The molecule has 0 spiro atoms. The summed E-state index contributed by atoms with van der Waals surface area (Å²) in [5, 5.41) is 5.91. The van der Waals surface area contributed by atoms with Crippen LogP contribution in [-0.2, 0) is 0 Å². The van der Waals surface area contributed by atoms with Crippen LogP contribution >= 0.6 is 0 Å². The second kappa shape index (κ2) is 5.33. The molecule has 0 aliphatic carbocycles. The fraction of sp³-hybridized carbons (Fsp3) is 0.111. The van der Waals surface area contributed by atoms with E-state index in [0.29, 0.717) is 0 Å². The van der Waals surface area contributed by atoms with Crippen molar-refractivity contribution in [1.82, 2.24) is 0 Å². The van der Waals surface area contributed by atoms with Crippen molar-refractivity contribution >= 4 is 16.5 Å². The summed E-state index contributed by atoms with van der Waals surface area (Å²) in [6.45, 7) is 2.08. The molecule has 1 unspecified atom stereocenters. The van der Waals surface area contributed by atoms with Crippen molar-refractivity contribution < 1.29 is 4.39 Å². The Bertz CT molecular complexity index is 714. The van der Waals surface area contributed by atoms with Crippen molar-refractivity contribution in [1.29, 1.82) is 0 Å². The van der Waals surface area contributed by atoms with Crippen LogP contribution in [0.1, 0.15) is 18.5 Å². The third kappa shape index (κ3) is 2.50. The zero-order valence-electron chi connectivity index (χ0n) is 11.3. The number of fused-ring (bicyclic) bond motifs is 1. The number of benzene rings is 3. The van der Waals surface area contributed by atoms with Crippen LogP contribution in [0.3, 0.4) is 0 Å². The van der Waals surface area contributed by atoms with Gasteiger partial charge in [0, 0.05) is 17.1 Å². The number of hydrogen-bond donors (Lipinski definition) is 1. The van der Waals surface area contributed by atoms with Gasteiger partial charge in [0.25, 0.3) is 0 Å². The quantitative estimate of drug-likeness (QED) is 0.690. The molecule has 0 saturated heterocycles. The Hall–Kier alpha value is -2.35. The second-order valence-corrected chi connectivity index (χ2v) is 4.94. The van der Waals surface area contributed by atoms with Crippen LogP contribution in [0.25, 0.3) is 10.8 Å². The van der Waals surface area contributed by atoms with Gasteiger partial charge in [0.2, 0.25) is 0 Å². The summed E-state index contributed by atoms with van der Waals surface area (Å²) < 4.78 is 13.0. The Morgan fingerprint density at radius 3 is 2.35 bits per heavy atom. The van der Waals surface area contributed by atoms with Crippen molar-refractivity contribution in [3.05, 3.63) is 78.1 Å². The molecule has 0 amide bonds. The molecule has 1 N–H and O–H groups in total. The predicted molar refractivity (Wildman–Crippen MR) is 82.4 cm³/mol. The molecule has 1 atom stereocenters. The minimum atomic E-state index is -0.203. The lowest BCUT2D eigenvalue weighted by Gasteiger charge is -2.17. The van der Waals surface area contributed by atoms with Gasteiger partial charge in [0.05, 0.1) is 0 Å². The Balaban J connectivity index is 1.91. The largest absolute Gasteiger partial charge is 0.378 e. The van der Waals surface area contributed by atoms with Crippen molar-refractivity contribution in [3.8, 4) is 0 Å². The van der Waals surface area contributed by atoms with Crippen LogP contribution in [0, 0.1) is 5.82 Å². The molecule has 0 saturated carbocycles. The van der Waals surface area contributed by atoms with Crippen LogP contribution in [0.5, 0.6) is 0 Å². The van der Waals surface area contributed by atoms with Gasteiger partial charge in [-0.25, -0.2) is 4.39 Å². The number of nitrogens with one attached hydrogen (secondary N) is 1. The fourth-order valence-corrected chi connectivity index (χ4v) is 2.42. The lowest BCUT2D eigenvalue weighted by Crippen LogP contribution is -2.06. The molecule has 3 rings (SSSR count). The van der Waals surface area contributed by atoms with Crippen LogP contribution < -0.4 is 5.32 Å². The van der Waals surface area contributed by atoms with E-state index < -0.39 is 0 Å². The Morgan fingerprint density at radius 1 is 0.850 bits per heavy atom. The molecular weight excluding hydrogens is 249 g/mol. The smallest absolute Gasteiger partial charge is 0.123 e. The van der Waals surface area contributed by atoms with Crippen molar-refractivity contribution in [3.63, 3.8) is 0 Å². The van der Waals surface area contributed by atoms with E-state index in [-0.39, 0.29) is 11.9 Å². The molecule has 1 nitrogen and oxygen atoms in total. The molecule has 20 heavy (non-hydrogen) atoms. The maximum atomic E-state index is 13.0. The monoisotopic (exact) mass is 265 g/mol. The zero-order valence-corrected chi connectivity index (χ0v) is 11.3. The molecule has 3 aromatic carbocycles. The van der Waals surface area contributed by atoms with Gasteiger partial charge in [0.15, 0.2) is 0 Å². The molecule has 0 radical (unpaired) electrons. The third-order valence-corrected chi connectivity index (χ3v) is 3.53. The van der Waals surface area contributed by atoms with E-state index in [0.717, 1.165) is 11.3 Å². The van der Waals surface area contributed by atoms with E-state index >= 15 is 0 Å². The summed E-state index contributed by atoms with van der Waals surface area (Å²) in [5.74, 6) is -0.203. The van der Waals surface area contributed by atoms with Crippen LogP contribution in [0.15, 0.2) is 66.7 Å². The molecular formula is C18H16FN. The summed E-state index contributed by atoms with van der Waals surface area (Å²) in [7, 11) is 0. The fourth-order valence-electron chi connectivity index (χ4n) is 2.42. The molecule has 100 valence electrons. The second-order valence-electron chi connectivity index (χ2n) is 4.94. The average Bonchev–Trinajstić information content (AvgIpc) is 2.48. The SMILES string of the molecule is CC(Nc1cccc2ccccc12)c1ccc(F)cc1. The maximum absolute atomic E-state index is 13.0. The average molecular weight is 265 g/mol. The van der Waals surface area contributed by atoms with Gasteiger partial charge in [-0.05, 0) is 36.1 Å². The highest BCUT2D eigenvalue weighted by Gasteiger charge is 2.07. The molecule has 0 fully saturated rings. The summed E-state index contributed by atoms with van der Waals surface area (Å²) in [6, 6.07) is 21.3. The van der Waals surface area contributed by atoms with Gasteiger partial charge < -0.3 is 5.32 Å². The summed E-state index contributed by atoms with van der Waals surface area (Å²) in [6.07, 6.45) is 0. The molecule has 2 heteroatoms. The number of anilines is 1. The van der Waals surface area contributed by atoms with Gasteiger partial charge >= 0.3 is 0 Å². The Kier molecular flexibility index (Phi) is 3.38. The third-order valence-electron chi connectivity index (χ3n) is 3.53. The standard InChI is InChI=1S/C18H16FN/c1-13(14-9-11-16(19)12-10-14)20-18-8-4-6-15-5-2-3-7-17(15)18/h2-13,20H,1H3. The summed E-state index contributed by atoms with van der Waals surface area (Å²) in [5.41, 5.74) is 2.17. The van der Waals surface area contributed by atoms with Gasteiger partial charge in [-0.15, -0.1) is 0 Å². The normalized spacial score (nSPS) is 12.3. The highest BCUT2D eigenvalue weighted by molar-refractivity contribution is 5.93. The van der Waals surface area contributed by atoms with Crippen molar-refractivity contribution in [2.45, 2.75) is 13.0 Å². The van der Waals surface area contributed by atoms with Crippen LogP contribution in [-0.4, -0.2) is 0 Å². The first-order chi connectivity index (χ1) is 9.74. The van der Waals surface area contributed by atoms with Gasteiger partial charge in [0.1, 0.15) is 5.82 Å². The van der Waals surface area contributed by atoms with E-state index in [9.17, 15) is 4.39 Å². The number of hydrogen-bond acceptors (Lipinski definition) is 1. The van der Waals surface area contributed by atoms with Crippen LogP contribution in [0.2, 0.25) is 0 Å². The molecule has 3 aromatic rings. The Labute approximate surface area is 118 Å². The minimum absolute atomic E-state index is 0.126. The maximum Gasteiger partial charge on any atom is 0.123 e. The van der Waals surface area contributed by atoms with Crippen LogP contribution in [0.4, 0.5) is 10.1 Å². The predicted octanol–water partition coefficient (Wildman–Crippen LogP) is 5.15. The minimum Gasteiger partial charge on any atom is -0.378 e. The number of rotatable bonds is 3. The van der Waals surface area contributed by atoms with E-state index in [1.54, 1.807) is 0 Å². The summed E-state index contributed by atoms with van der Waals surface area (Å²) in [4.78, 5) is 0. The highest BCUT2D eigenvalue weighted by Crippen LogP contribution is 2.27. The molecule has 0 aliphatic heterocycles. The lowest BCUT2D eigenvalue weighted by molar-refractivity contribution is 0.626. The van der Waals surface area contributed by atoms with Crippen molar-refractivity contribution in [2.75, 3.05) is 5.32 Å². The molecule has 0 aromatic heterocycles. The van der Waals surface area contributed by atoms with Crippen molar-refractivity contribution in [2.24, 2.45) is 0 Å². The first-order valence-corrected chi connectivity index (χ1v) is 6.74. The van der Waals surface area contributed by atoms with E-state index in [1.165, 1.54) is 22.9 Å². The van der Waals surface area contributed by atoms with E-state index in [1.807, 2.05) is 30.3 Å². The lowest BCUT2D eigenvalue weighted by atomic mass is 10.1. The Morgan fingerprint density at radius 2 is 1.55 bits per heavy atom. The first kappa shape index (κ1) is 12.7. The van der Waals surface area contributed by atoms with E-state index in [2.05, 4.69) is 36.5 Å². The summed E-state index contributed by atoms with van der Waals surface area (Å²) >= 11 is 0. The highest BCUT2D eigenvalue weighted by atomic mass is 19.1. The number of halogens is 1.